The highest BCUT2D eigenvalue weighted by atomic mass is 32.2. The minimum absolute atomic E-state index is 0.00792. The van der Waals surface area contributed by atoms with E-state index in [9.17, 15) is 24.0 Å². The summed E-state index contributed by atoms with van der Waals surface area (Å²) in [6, 6.07) is 21.4. The van der Waals surface area contributed by atoms with E-state index in [0.717, 1.165) is 61.8 Å². The summed E-state index contributed by atoms with van der Waals surface area (Å²) in [5.41, 5.74) is 9.18. The van der Waals surface area contributed by atoms with E-state index in [-0.39, 0.29) is 35.9 Å². The fourth-order valence-corrected chi connectivity index (χ4v) is 10.2. The normalized spacial score (nSPS) is 19.0. The Kier molecular flexibility index (Phi) is 16.4. The van der Waals surface area contributed by atoms with Crippen molar-refractivity contribution in [2.24, 2.45) is 0 Å². The number of imide groups is 2. The van der Waals surface area contributed by atoms with Crippen LogP contribution in [0.4, 0.5) is 5.82 Å². The highest BCUT2D eigenvalue weighted by Crippen LogP contribution is 2.36. The standard InChI is InChI=1S/C51H58N10O9S/c52-47-45-46(35-13-15-38(16-14-35)70-37-8-2-1-3-9-37)56-61(48(45)54-34-53-47)36-7-5-20-59(33-36)43(63)12-6-19-57-21-23-58(24-22-57)25-26-67-27-28-68-29-30-69-31-32-71-41-11-4-10-39-44(41)51(66)60(50(39)65)40-17-18-42(62)55-49(40)64/h1-4,6,8-16,34,36,40H,5,7,17-33H2,(H2,52,53,54)(H,55,62,64)/b12-6+/t36-,40?/m1/s1. The first-order valence-corrected chi connectivity index (χ1v) is 25.1. The van der Waals surface area contributed by atoms with Gasteiger partial charge in [0, 0.05) is 81.1 Å². The van der Waals surface area contributed by atoms with Crippen molar-refractivity contribution < 1.29 is 42.9 Å². The lowest BCUT2D eigenvalue weighted by molar-refractivity contribution is -0.136. The van der Waals surface area contributed by atoms with Crippen molar-refractivity contribution in [1.82, 2.24) is 44.7 Å². The van der Waals surface area contributed by atoms with Gasteiger partial charge in [-0.1, -0.05) is 30.3 Å². The molecule has 3 aromatic carbocycles. The zero-order valence-electron chi connectivity index (χ0n) is 39.5. The Morgan fingerprint density at radius 1 is 0.789 bits per heavy atom. The molecular formula is C51H58N10O9S. The molecule has 4 aliphatic heterocycles. The van der Waals surface area contributed by atoms with Gasteiger partial charge in [-0.2, -0.15) is 5.10 Å². The van der Waals surface area contributed by atoms with E-state index >= 15 is 0 Å². The summed E-state index contributed by atoms with van der Waals surface area (Å²) >= 11 is 1.41. The SMILES string of the molecule is Nc1ncnc2c1c(-c1ccc(Oc3ccccc3)cc1)nn2[C@@H]1CCCN(C(=O)/C=C/CN2CCN(CCOCCOCCOCCSc3cccc4c3C(=O)N(C3CCC(=O)NC3=O)C4=O)CC2)C1. The average Bonchev–Trinajstić information content (AvgIpc) is 3.90. The van der Waals surface area contributed by atoms with E-state index in [1.165, 1.54) is 18.1 Å². The van der Waals surface area contributed by atoms with Crippen LogP contribution in [0.1, 0.15) is 52.4 Å². The molecule has 5 aromatic rings. The number of nitrogens with two attached hydrogens (primary N) is 1. The molecule has 1 unspecified atom stereocenters. The van der Waals surface area contributed by atoms with Crippen LogP contribution in [-0.2, 0) is 28.6 Å². The van der Waals surface area contributed by atoms with Gasteiger partial charge >= 0.3 is 0 Å². The lowest BCUT2D eigenvalue weighted by Gasteiger charge is -2.34. The molecule has 9 rings (SSSR count). The van der Waals surface area contributed by atoms with Crippen molar-refractivity contribution >= 4 is 58.1 Å². The number of piperidine rings is 2. The number of carbonyl (C=O) groups excluding carboxylic acids is 5. The minimum Gasteiger partial charge on any atom is -0.457 e. The Labute approximate surface area is 415 Å². The van der Waals surface area contributed by atoms with Crippen molar-refractivity contribution in [1.29, 1.82) is 0 Å². The Morgan fingerprint density at radius 3 is 2.30 bits per heavy atom. The summed E-state index contributed by atoms with van der Waals surface area (Å²) in [5.74, 6) is 0.284. The molecular weight excluding hydrogens is 929 g/mol. The summed E-state index contributed by atoms with van der Waals surface area (Å²) in [6.07, 6.45) is 7.02. The number of aromatic nitrogens is 4. The largest absolute Gasteiger partial charge is 0.457 e. The van der Waals surface area contributed by atoms with Crippen LogP contribution in [-0.4, -0.2) is 173 Å². The number of amides is 5. The minimum atomic E-state index is -0.999. The predicted molar refractivity (Wildman–Crippen MR) is 265 cm³/mol. The lowest BCUT2D eigenvalue weighted by atomic mass is 10.0. The van der Waals surface area contributed by atoms with Crippen LogP contribution in [0, 0.1) is 0 Å². The molecule has 6 heterocycles. The molecule has 71 heavy (non-hydrogen) atoms. The molecule has 5 amide bonds. The van der Waals surface area contributed by atoms with Crippen molar-refractivity contribution in [3.8, 4) is 22.8 Å². The summed E-state index contributed by atoms with van der Waals surface area (Å²) in [7, 11) is 0. The molecule has 3 saturated heterocycles. The van der Waals surface area contributed by atoms with Crippen LogP contribution >= 0.6 is 11.8 Å². The molecule has 3 N–H and O–H groups in total. The zero-order valence-corrected chi connectivity index (χ0v) is 40.3. The maximum absolute atomic E-state index is 13.5. The summed E-state index contributed by atoms with van der Waals surface area (Å²) in [6.45, 7) is 9.18. The van der Waals surface area contributed by atoms with Crippen LogP contribution in [0.2, 0.25) is 0 Å². The van der Waals surface area contributed by atoms with Crippen LogP contribution in [0.3, 0.4) is 0 Å². The number of nitrogens with zero attached hydrogens (tertiary/aromatic N) is 8. The van der Waals surface area contributed by atoms with E-state index in [1.54, 1.807) is 24.3 Å². The zero-order chi connectivity index (χ0) is 49.1. The molecule has 2 atom stereocenters. The fraction of sp³-hybridized carbons (Fsp3) is 0.412. The third kappa shape index (κ3) is 12.0. The number of nitrogen functional groups attached to an aromatic ring is 1. The summed E-state index contributed by atoms with van der Waals surface area (Å²) in [4.78, 5) is 81.0. The number of fused-ring (bicyclic) bond motifs is 2. The number of carbonyl (C=O) groups is 5. The van der Waals surface area contributed by atoms with Crippen LogP contribution in [0.5, 0.6) is 11.5 Å². The smallest absolute Gasteiger partial charge is 0.263 e. The second kappa shape index (κ2) is 23.6. The van der Waals surface area contributed by atoms with E-state index < -0.39 is 29.7 Å². The molecule has 2 aromatic heterocycles. The number of thioether (sulfide) groups is 1. The second-order valence-electron chi connectivity index (χ2n) is 17.6. The monoisotopic (exact) mass is 986 g/mol. The molecule has 0 aliphatic carbocycles. The van der Waals surface area contributed by atoms with E-state index in [2.05, 4.69) is 25.1 Å². The van der Waals surface area contributed by atoms with E-state index in [4.69, 9.17) is 29.8 Å². The number of rotatable bonds is 21. The topological polar surface area (TPSA) is 217 Å². The summed E-state index contributed by atoms with van der Waals surface area (Å²) < 4.78 is 25.1. The van der Waals surface area contributed by atoms with Crippen LogP contribution in [0.15, 0.2) is 96.2 Å². The number of likely N-dealkylation sites (tertiary alicyclic amines) is 1. The Morgan fingerprint density at radius 2 is 1.52 bits per heavy atom. The van der Waals surface area contributed by atoms with Gasteiger partial charge in [-0.05, 0) is 67.8 Å². The van der Waals surface area contributed by atoms with Crippen molar-refractivity contribution in [2.45, 2.75) is 42.7 Å². The third-order valence-corrected chi connectivity index (χ3v) is 14.0. The van der Waals surface area contributed by atoms with E-state index in [1.807, 2.05) is 70.3 Å². The number of piperazine rings is 1. The number of benzene rings is 3. The second-order valence-corrected chi connectivity index (χ2v) is 18.8. The summed E-state index contributed by atoms with van der Waals surface area (Å²) in [5, 5.41) is 7.95. The molecule has 3 fully saturated rings. The first-order valence-electron chi connectivity index (χ1n) is 24.1. The molecule has 19 nitrogen and oxygen atoms in total. The van der Waals surface area contributed by atoms with Crippen molar-refractivity contribution in [3.63, 3.8) is 0 Å². The van der Waals surface area contributed by atoms with Gasteiger partial charge in [0.05, 0.1) is 62.2 Å². The third-order valence-electron chi connectivity index (χ3n) is 13.0. The van der Waals surface area contributed by atoms with Crippen LogP contribution < -0.4 is 15.8 Å². The number of anilines is 1. The molecule has 20 heteroatoms. The maximum atomic E-state index is 13.5. The van der Waals surface area contributed by atoms with Gasteiger partial charge in [-0.25, -0.2) is 14.6 Å². The van der Waals surface area contributed by atoms with Gasteiger partial charge in [-0.15, -0.1) is 11.8 Å². The Balaban J connectivity index is 0.627. The molecule has 0 radical (unpaired) electrons. The van der Waals surface area contributed by atoms with Crippen molar-refractivity contribution in [2.75, 3.05) is 103 Å². The van der Waals surface area contributed by atoms with Gasteiger partial charge in [0.2, 0.25) is 17.7 Å². The number of hydrogen-bond acceptors (Lipinski definition) is 16. The Hall–Kier alpha value is -6.55. The van der Waals surface area contributed by atoms with Crippen LogP contribution in [0.25, 0.3) is 22.3 Å². The average molecular weight is 987 g/mol. The van der Waals surface area contributed by atoms with Gasteiger partial charge in [-0.3, -0.25) is 44.0 Å². The van der Waals surface area contributed by atoms with Gasteiger partial charge in [0.1, 0.15) is 35.4 Å². The van der Waals surface area contributed by atoms with Gasteiger partial charge < -0.3 is 29.6 Å². The lowest BCUT2D eigenvalue weighted by Crippen LogP contribution is -2.54. The molecule has 0 saturated carbocycles. The van der Waals surface area contributed by atoms with E-state index in [0.29, 0.717) is 98.2 Å². The molecule has 0 spiro atoms. The highest BCUT2D eigenvalue weighted by molar-refractivity contribution is 7.99. The maximum Gasteiger partial charge on any atom is 0.263 e. The highest BCUT2D eigenvalue weighted by Gasteiger charge is 2.45. The van der Waals surface area contributed by atoms with Gasteiger partial charge in [0.15, 0.2) is 5.65 Å². The molecule has 372 valence electrons. The quantitative estimate of drug-likeness (QED) is 0.0450. The number of ether oxygens (including phenoxy) is 4. The van der Waals surface area contributed by atoms with Gasteiger partial charge in [0.25, 0.3) is 11.8 Å². The molecule has 4 aliphatic rings. The number of nitrogens with one attached hydrogen (secondary N) is 1. The molecule has 0 bridgehead atoms. The van der Waals surface area contributed by atoms with Crippen molar-refractivity contribution in [3.05, 3.63) is 102 Å². The first-order chi connectivity index (χ1) is 34.7. The fourth-order valence-electron chi connectivity index (χ4n) is 9.27. The number of para-hydroxylation sites is 1. The predicted octanol–water partition coefficient (Wildman–Crippen LogP) is 4.45. The Bertz CT molecular complexity index is 2730. The first kappa shape index (κ1) is 49.4. The number of hydrogen-bond donors (Lipinski definition) is 2.